The van der Waals surface area contributed by atoms with Crippen LogP contribution in [0, 0.1) is 0 Å². The second-order valence-corrected chi connectivity index (χ2v) is 3.47. The molecular weight excluding hydrogens is 222 g/mol. The third-order valence-electron chi connectivity index (χ3n) is 2.34. The number of ether oxygens (including phenoxy) is 3. The molecule has 0 saturated heterocycles. The Hall–Kier alpha value is -1.75. The van der Waals surface area contributed by atoms with Gasteiger partial charge in [0.05, 0.1) is 14.2 Å². The first-order valence-corrected chi connectivity index (χ1v) is 5.17. The first-order chi connectivity index (χ1) is 8.10. The number of anilines is 1. The van der Waals surface area contributed by atoms with E-state index < -0.39 is 6.10 Å². The van der Waals surface area contributed by atoms with Gasteiger partial charge in [0.25, 0.3) is 5.91 Å². The summed E-state index contributed by atoms with van der Waals surface area (Å²) in [7, 11) is 4.59. The first kappa shape index (κ1) is 13.3. The van der Waals surface area contributed by atoms with Crippen LogP contribution in [0.4, 0.5) is 5.69 Å². The second-order valence-electron chi connectivity index (χ2n) is 3.47. The molecule has 1 rings (SSSR count). The van der Waals surface area contributed by atoms with Crippen LogP contribution in [-0.4, -0.2) is 33.3 Å². The van der Waals surface area contributed by atoms with Crippen LogP contribution < -0.4 is 14.8 Å². The SMILES string of the molecule is COc1cc(NC(=O)[C@@H](C)OC)cc(OC)c1. The molecule has 1 N–H and O–H groups in total. The van der Waals surface area contributed by atoms with Gasteiger partial charge in [-0.15, -0.1) is 0 Å². The summed E-state index contributed by atoms with van der Waals surface area (Å²) in [5.74, 6) is 1.01. The zero-order chi connectivity index (χ0) is 12.8. The van der Waals surface area contributed by atoms with Gasteiger partial charge in [0, 0.05) is 31.0 Å². The summed E-state index contributed by atoms with van der Waals surface area (Å²) >= 11 is 0. The summed E-state index contributed by atoms with van der Waals surface area (Å²) in [5.41, 5.74) is 0.607. The maximum absolute atomic E-state index is 11.6. The number of rotatable bonds is 5. The maximum atomic E-state index is 11.6. The zero-order valence-corrected chi connectivity index (χ0v) is 10.4. The summed E-state index contributed by atoms with van der Waals surface area (Å²) in [5, 5.41) is 2.72. The standard InChI is InChI=1S/C12H17NO4/c1-8(15-2)12(14)13-9-5-10(16-3)7-11(6-9)17-4/h5-8H,1-4H3,(H,13,14)/t8-/m1/s1. The maximum Gasteiger partial charge on any atom is 0.253 e. The number of carbonyl (C=O) groups excluding carboxylic acids is 1. The fourth-order valence-corrected chi connectivity index (χ4v) is 1.23. The van der Waals surface area contributed by atoms with Gasteiger partial charge in [-0.2, -0.15) is 0 Å². The van der Waals surface area contributed by atoms with E-state index in [1.54, 1.807) is 39.3 Å². The molecule has 0 saturated carbocycles. The Morgan fingerprint density at radius 1 is 1.12 bits per heavy atom. The van der Waals surface area contributed by atoms with Gasteiger partial charge >= 0.3 is 0 Å². The van der Waals surface area contributed by atoms with Crippen LogP contribution >= 0.6 is 0 Å². The van der Waals surface area contributed by atoms with E-state index in [4.69, 9.17) is 14.2 Å². The number of benzene rings is 1. The minimum absolute atomic E-state index is 0.220. The van der Waals surface area contributed by atoms with Gasteiger partial charge in [0.1, 0.15) is 17.6 Å². The van der Waals surface area contributed by atoms with Crippen LogP contribution in [0.1, 0.15) is 6.92 Å². The van der Waals surface area contributed by atoms with Gasteiger partial charge in [0.2, 0.25) is 0 Å². The summed E-state index contributed by atoms with van der Waals surface area (Å²) in [6, 6.07) is 5.15. The molecule has 0 radical (unpaired) electrons. The number of carbonyl (C=O) groups is 1. The van der Waals surface area contributed by atoms with Gasteiger partial charge in [-0.3, -0.25) is 4.79 Å². The van der Waals surface area contributed by atoms with Crippen molar-refractivity contribution in [3.05, 3.63) is 18.2 Å². The Bertz CT molecular complexity index is 370. The van der Waals surface area contributed by atoms with E-state index >= 15 is 0 Å². The third-order valence-corrected chi connectivity index (χ3v) is 2.34. The number of hydrogen-bond acceptors (Lipinski definition) is 4. The van der Waals surface area contributed by atoms with Crippen LogP contribution in [0.25, 0.3) is 0 Å². The molecule has 0 aliphatic rings. The number of amides is 1. The van der Waals surface area contributed by atoms with E-state index in [-0.39, 0.29) is 5.91 Å². The highest BCUT2D eigenvalue weighted by Gasteiger charge is 2.12. The Kier molecular flexibility index (Phi) is 4.78. The number of hydrogen-bond donors (Lipinski definition) is 1. The summed E-state index contributed by atoms with van der Waals surface area (Å²) in [4.78, 5) is 11.6. The van der Waals surface area contributed by atoms with Gasteiger partial charge in [-0.1, -0.05) is 0 Å². The van der Waals surface area contributed by atoms with E-state index in [1.807, 2.05) is 0 Å². The minimum Gasteiger partial charge on any atom is -0.497 e. The normalized spacial score (nSPS) is 11.8. The Balaban J connectivity index is 2.86. The van der Waals surface area contributed by atoms with Crippen LogP contribution in [0.3, 0.4) is 0 Å². The van der Waals surface area contributed by atoms with Gasteiger partial charge in [-0.05, 0) is 6.92 Å². The minimum atomic E-state index is -0.507. The van der Waals surface area contributed by atoms with E-state index in [1.165, 1.54) is 7.11 Å². The van der Waals surface area contributed by atoms with Crippen molar-refractivity contribution >= 4 is 11.6 Å². The fourth-order valence-electron chi connectivity index (χ4n) is 1.23. The quantitative estimate of drug-likeness (QED) is 0.849. The summed E-state index contributed by atoms with van der Waals surface area (Å²) < 4.78 is 15.1. The van der Waals surface area contributed by atoms with Crippen molar-refractivity contribution in [3.63, 3.8) is 0 Å². The van der Waals surface area contributed by atoms with Crippen LogP contribution in [0.5, 0.6) is 11.5 Å². The Labute approximate surface area is 101 Å². The van der Waals surface area contributed by atoms with Crippen molar-refractivity contribution in [3.8, 4) is 11.5 Å². The molecule has 17 heavy (non-hydrogen) atoms. The molecule has 0 bridgehead atoms. The van der Waals surface area contributed by atoms with E-state index in [0.29, 0.717) is 17.2 Å². The second kappa shape index (κ2) is 6.10. The highest BCUT2D eigenvalue weighted by atomic mass is 16.5. The molecule has 0 unspecified atom stereocenters. The van der Waals surface area contributed by atoms with Crippen molar-refractivity contribution in [2.24, 2.45) is 0 Å². The van der Waals surface area contributed by atoms with Crippen molar-refractivity contribution in [2.75, 3.05) is 26.6 Å². The number of nitrogens with one attached hydrogen (secondary N) is 1. The molecule has 0 spiro atoms. The van der Waals surface area contributed by atoms with Crippen molar-refractivity contribution in [2.45, 2.75) is 13.0 Å². The predicted octanol–water partition coefficient (Wildman–Crippen LogP) is 1.68. The Morgan fingerprint density at radius 3 is 2.06 bits per heavy atom. The smallest absolute Gasteiger partial charge is 0.253 e. The topological polar surface area (TPSA) is 56.8 Å². The van der Waals surface area contributed by atoms with Crippen molar-refractivity contribution in [1.82, 2.24) is 0 Å². The molecule has 0 aromatic heterocycles. The van der Waals surface area contributed by atoms with E-state index in [9.17, 15) is 4.79 Å². The van der Waals surface area contributed by atoms with Crippen LogP contribution in [0.15, 0.2) is 18.2 Å². The number of methoxy groups -OCH3 is 3. The van der Waals surface area contributed by atoms with Gasteiger partial charge in [-0.25, -0.2) is 0 Å². The predicted molar refractivity (Wildman–Crippen MR) is 64.6 cm³/mol. The molecule has 1 atom stereocenters. The monoisotopic (exact) mass is 239 g/mol. The highest BCUT2D eigenvalue weighted by Crippen LogP contribution is 2.25. The lowest BCUT2D eigenvalue weighted by molar-refractivity contribution is -0.124. The average molecular weight is 239 g/mol. The summed E-state index contributed by atoms with van der Waals surface area (Å²) in [6.07, 6.45) is -0.507. The highest BCUT2D eigenvalue weighted by molar-refractivity contribution is 5.94. The molecule has 0 fully saturated rings. The van der Waals surface area contributed by atoms with Crippen molar-refractivity contribution < 1.29 is 19.0 Å². The van der Waals surface area contributed by atoms with Crippen LogP contribution in [0.2, 0.25) is 0 Å². The van der Waals surface area contributed by atoms with Gasteiger partial charge < -0.3 is 19.5 Å². The third kappa shape index (κ3) is 3.64. The molecule has 0 aliphatic heterocycles. The molecular formula is C12H17NO4. The van der Waals surface area contributed by atoms with Crippen molar-refractivity contribution in [1.29, 1.82) is 0 Å². The largest absolute Gasteiger partial charge is 0.497 e. The molecule has 5 nitrogen and oxygen atoms in total. The molecule has 1 amide bonds. The molecule has 0 aliphatic carbocycles. The first-order valence-electron chi connectivity index (χ1n) is 5.17. The molecule has 5 heteroatoms. The molecule has 0 heterocycles. The van der Waals surface area contributed by atoms with Gasteiger partial charge in [0.15, 0.2) is 0 Å². The van der Waals surface area contributed by atoms with E-state index in [2.05, 4.69) is 5.32 Å². The lowest BCUT2D eigenvalue weighted by Gasteiger charge is -2.12. The van der Waals surface area contributed by atoms with E-state index in [0.717, 1.165) is 0 Å². The molecule has 1 aromatic rings. The fraction of sp³-hybridized carbons (Fsp3) is 0.417. The zero-order valence-electron chi connectivity index (χ0n) is 10.4. The lowest BCUT2D eigenvalue weighted by atomic mass is 10.2. The lowest BCUT2D eigenvalue weighted by Crippen LogP contribution is -2.26. The Morgan fingerprint density at radius 2 is 1.65 bits per heavy atom. The average Bonchev–Trinajstić information content (AvgIpc) is 2.36. The van der Waals surface area contributed by atoms with Crippen LogP contribution in [-0.2, 0) is 9.53 Å². The summed E-state index contributed by atoms with van der Waals surface area (Å²) in [6.45, 7) is 1.67. The molecule has 94 valence electrons. The molecule has 1 aromatic carbocycles.